The van der Waals surface area contributed by atoms with Crippen molar-refractivity contribution in [3.05, 3.63) is 60.1 Å². The van der Waals surface area contributed by atoms with Gasteiger partial charge in [-0.15, -0.1) is 0 Å². The first-order chi connectivity index (χ1) is 11.2. The van der Waals surface area contributed by atoms with E-state index in [4.69, 9.17) is 4.42 Å². The third-order valence-corrected chi connectivity index (χ3v) is 3.82. The van der Waals surface area contributed by atoms with Crippen molar-refractivity contribution in [2.24, 2.45) is 5.92 Å². The number of hydrogen-bond donors (Lipinski definition) is 4. The second-order valence-corrected chi connectivity index (χ2v) is 5.81. The molecule has 0 saturated carbocycles. The third-order valence-electron chi connectivity index (χ3n) is 3.82. The van der Waals surface area contributed by atoms with Gasteiger partial charge in [0.2, 0.25) is 0 Å². The van der Waals surface area contributed by atoms with Crippen molar-refractivity contribution < 1.29 is 19.7 Å². The van der Waals surface area contributed by atoms with Crippen molar-refractivity contribution in [1.29, 1.82) is 0 Å². The maximum atomic E-state index is 10.1. The van der Waals surface area contributed by atoms with Crippen LogP contribution in [-0.2, 0) is 6.42 Å². The van der Waals surface area contributed by atoms with Gasteiger partial charge >= 0.3 is 0 Å². The zero-order valence-electron chi connectivity index (χ0n) is 13.1. The van der Waals surface area contributed by atoms with Gasteiger partial charge in [0.05, 0.1) is 18.5 Å². The molecule has 1 aromatic heterocycles. The van der Waals surface area contributed by atoms with E-state index in [0.29, 0.717) is 19.5 Å². The van der Waals surface area contributed by atoms with Gasteiger partial charge in [0.25, 0.3) is 0 Å². The van der Waals surface area contributed by atoms with Crippen molar-refractivity contribution >= 4 is 0 Å². The molecule has 0 radical (unpaired) electrons. The Hall–Kier alpha value is -1.66. The Bertz CT molecular complexity index is 529. The van der Waals surface area contributed by atoms with Crippen LogP contribution in [0.2, 0.25) is 0 Å². The zero-order valence-corrected chi connectivity index (χ0v) is 13.1. The molecule has 0 amide bonds. The van der Waals surface area contributed by atoms with E-state index in [9.17, 15) is 15.3 Å². The number of aliphatic hydroxyl groups is 3. The van der Waals surface area contributed by atoms with E-state index in [1.165, 1.54) is 0 Å². The first-order valence-corrected chi connectivity index (χ1v) is 7.94. The van der Waals surface area contributed by atoms with Crippen molar-refractivity contribution in [3.8, 4) is 0 Å². The van der Waals surface area contributed by atoms with Crippen LogP contribution in [0.5, 0.6) is 0 Å². The van der Waals surface area contributed by atoms with Crippen molar-refractivity contribution in [2.45, 2.75) is 25.0 Å². The van der Waals surface area contributed by atoms with Gasteiger partial charge < -0.3 is 25.1 Å². The second-order valence-electron chi connectivity index (χ2n) is 5.81. The van der Waals surface area contributed by atoms with Gasteiger partial charge in [0, 0.05) is 38.5 Å². The smallest absolute Gasteiger partial charge is 0.104 e. The highest BCUT2D eigenvalue weighted by molar-refractivity contribution is 5.17. The van der Waals surface area contributed by atoms with Gasteiger partial charge in [-0.3, -0.25) is 0 Å². The number of hydrogen-bond acceptors (Lipinski definition) is 5. The topological polar surface area (TPSA) is 85.9 Å². The summed E-state index contributed by atoms with van der Waals surface area (Å²) >= 11 is 0. The van der Waals surface area contributed by atoms with Crippen molar-refractivity contribution in [3.63, 3.8) is 0 Å². The van der Waals surface area contributed by atoms with Crippen LogP contribution in [-0.4, -0.2) is 41.1 Å². The van der Waals surface area contributed by atoms with Crippen LogP contribution in [0.25, 0.3) is 0 Å². The number of furan rings is 1. The lowest BCUT2D eigenvalue weighted by Crippen LogP contribution is -2.33. The summed E-state index contributed by atoms with van der Waals surface area (Å²) in [5.41, 5.74) is 0.803. The maximum absolute atomic E-state index is 10.1. The molecule has 3 unspecified atom stereocenters. The van der Waals surface area contributed by atoms with Gasteiger partial charge in [0.1, 0.15) is 5.76 Å². The molecule has 0 aliphatic rings. The molecule has 0 saturated heterocycles. The van der Waals surface area contributed by atoms with Crippen LogP contribution in [0.15, 0.2) is 53.1 Å². The first kappa shape index (κ1) is 17.7. The predicted octanol–water partition coefficient (Wildman–Crippen LogP) is 1.50. The van der Waals surface area contributed by atoms with Gasteiger partial charge in [-0.2, -0.15) is 0 Å². The fourth-order valence-electron chi connectivity index (χ4n) is 2.52. The Labute approximate surface area is 136 Å². The van der Waals surface area contributed by atoms with Crippen LogP contribution in [0.1, 0.15) is 23.8 Å². The lowest BCUT2D eigenvalue weighted by atomic mass is 10.0. The molecule has 0 spiro atoms. The largest absolute Gasteiger partial charge is 0.469 e. The van der Waals surface area contributed by atoms with E-state index in [0.717, 1.165) is 11.3 Å². The third kappa shape index (κ3) is 6.15. The average molecular weight is 319 g/mol. The Morgan fingerprint density at radius 1 is 1.00 bits per heavy atom. The summed E-state index contributed by atoms with van der Waals surface area (Å²) in [7, 11) is 0. The number of benzene rings is 1. The molecular formula is C18H25NO4. The van der Waals surface area contributed by atoms with Gasteiger partial charge in [-0.05, 0) is 17.7 Å². The van der Waals surface area contributed by atoms with Crippen LogP contribution in [0, 0.1) is 5.92 Å². The molecule has 2 rings (SSSR count). The van der Waals surface area contributed by atoms with E-state index in [1.54, 1.807) is 6.26 Å². The zero-order chi connectivity index (χ0) is 16.5. The fourth-order valence-corrected chi connectivity index (χ4v) is 2.52. The molecule has 126 valence electrons. The highest BCUT2D eigenvalue weighted by Gasteiger charge is 2.15. The minimum absolute atomic E-state index is 0.0346. The minimum atomic E-state index is -0.676. The molecule has 23 heavy (non-hydrogen) atoms. The lowest BCUT2D eigenvalue weighted by Gasteiger charge is -2.18. The summed E-state index contributed by atoms with van der Waals surface area (Å²) in [6.07, 6.45) is 1.22. The summed E-state index contributed by atoms with van der Waals surface area (Å²) < 4.78 is 5.27. The Morgan fingerprint density at radius 2 is 1.78 bits per heavy atom. The Morgan fingerprint density at radius 3 is 2.43 bits per heavy atom. The Kier molecular flexibility index (Phi) is 7.29. The molecule has 0 aliphatic carbocycles. The fraction of sp³-hybridized carbons (Fsp3) is 0.444. The predicted molar refractivity (Wildman–Crippen MR) is 87.9 cm³/mol. The van der Waals surface area contributed by atoms with E-state index in [1.807, 2.05) is 42.5 Å². The van der Waals surface area contributed by atoms with Gasteiger partial charge in [-0.1, -0.05) is 30.3 Å². The molecule has 5 heteroatoms. The van der Waals surface area contributed by atoms with E-state index < -0.39 is 12.2 Å². The van der Waals surface area contributed by atoms with Crippen molar-refractivity contribution in [2.75, 3.05) is 19.7 Å². The van der Waals surface area contributed by atoms with Crippen LogP contribution in [0.4, 0.5) is 0 Å². The summed E-state index contributed by atoms with van der Waals surface area (Å²) in [4.78, 5) is 0. The van der Waals surface area contributed by atoms with Crippen molar-refractivity contribution in [1.82, 2.24) is 5.32 Å². The minimum Gasteiger partial charge on any atom is -0.469 e. The summed E-state index contributed by atoms with van der Waals surface area (Å²) in [6, 6.07) is 13.0. The van der Waals surface area contributed by atoms with Crippen LogP contribution in [0.3, 0.4) is 0 Å². The van der Waals surface area contributed by atoms with Gasteiger partial charge in [-0.25, -0.2) is 0 Å². The summed E-state index contributed by atoms with van der Waals surface area (Å²) in [6.45, 7) is 1.00. The molecule has 5 nitrogen and oxygen atoms in total. The first-order valence-electron chi connectivity index (χ1n) is 7.94. The molecule has 3 atom stereocenters. The number of nitrogens with one attached hydrogen (secondary N) is 1. The standard InChI is InChI=1S/C18H25NO4/c20-13-14(9-17-7-4-8-23-17)11-19-12-16(21)10-18(22)15-5-2-1-3-6-15/h1-8,14,16,18-22H,9-13H2. The Balaban J connectivity index is 1.68. The lowest BCUT2D eigenvalue weighted by molar-refractivity contribution is 0.0787. The second kappa shape index (κ2) is 9.47. The monoisotopic (exact) mass is 319 g/mol. The molecular weight excluding hydrogens is 294 g/mol. The molecule has 1 aromatic carbocycles. The normalized spacial score (nSPS) is 15.3. The molecule has 4 N–H and O–H groups in total. The molecule has 1 heterocycles. The molecule has 0 aliphatic heterocycles. The molecule has 0 fully saturated rings. The van der Waals surface area contributed by atoms with E-state index in [-0.39, 0.29) is 18.9 Å². The molecule has 0 bridgehead atoms. The maximum Gasteiger partial charge on any atom is 0.104 e. The van der Waals surface area contributed by atoms with Crippen LogP contribution >= 0.6 is 0 Å². The number of rotatable bonds is 10. The van der Waals surface area contributed by atoms with E-state index >= 15 is 0 Å². The van der Waals surface area contributed by atoms with E-state index in [2.05, 4.69) is 5.32 Å². The van der Waals surface area contributed by atoms with Gasteiger partial charge in [0.15, 0.2) is 0 Å². The number of aliphatic hydroxyl groups excluding tert-OH is 3. The SMILES string of the molecule is OCC(CNCC(O)CC(O)c1ccccc1)Cc1ccco1. The summed E-state index contributed by atoms with van der Waals surface area (Å²) in [5.74, 6) is 0.873. The average Bonchev–Trinajstić information content (AvgIpc) is 3.07. The highest BCUT2D eigenvalue weighted by Crippen LogP contribution is 2.17. The summed E-state index contributed by atoms with van der Waals surface area (Å²) in [5, 5.41) is 32.6. The van der Waals surface area contributed by atoms with Crippen LogP contribution < -0.4 is 5.32 Å². The quantitative estimate of drug-likeness (QED) is 0.533. The highest BCUT2D eigenvalue weighted by atomic mass is 16.3. The molecule has 2 aromatic rings.